The van der Waals surface area contributed by atoms with Gasteiger partial charge in [0, 0.05) is 43.0 Å². The lowest BCUT2D eigenvalue weighted by molar-refractivity contribution is 0.705. The van der Waals surface area contributed by atoms with Gasteiger partial charge in [0.25, 0.3) is 5.95 Å². The van der Waals surface area contributed by atoms with Gasteiger partial charge in [-0.2, -0.15) is 10.1 Å². The van der Waals surface area contributed by atoms with Crippen LogP contribution in [-0.2, 0) is 26.3 Å². The zero-order chi connectivity index (χ0) is 21.1. The summed E-state index contributed by atoms with van der Waals surface area (Å²) in [5.74, 6) is 0.690. The summed E-state index contributed by atoms with van der Waals surface area (Å²) in [7, 11) is 1.97. The molecule has 0 radical (unpaired) electrons. The Kier molecular flexibility index (Phi) is 5.81. The molecule has 0 aliphatic heterocycles. The fourth-order valence-corrected chi connectivity index (χ4v) is 3.84. The molecule has 8 heteroatoms. The zero-order valence-electron chi connectivity index (χ0n) is 17.1. The first-order chi connectivity index (χ1) is 14.5. The van der Waals surface area contributed by atoms with Gasteiger partial charge in [-0.05, 0) is 49.1 Å². The molecule has 154 valence electrons. The van der Waals surface area contributed by atoms with Gasteiger partial charge >= 0.3 is 0 Å². The van der Waals surface area contributed by atoms with E-state index in [1.54, 1.807) is 12.3 Å². The van der Waals surface area contributed by atoms with Crippen LogP contribution >= 0.6 is 11.6 Å². The Morgan fingerprint density at radius 3 is 3.03 bits per heavy atom. The summed E-state index contributed by atoms with van der Waals surface area (Å²) in [5, 5.41) is 8.54. The Morgan fingerprint density at radius 2 is 2.23 bits per heavy atom. The van der Waals surface area contributed by atoms with Gasteiger partial charge in [0.2, 0.25) is 0 Å². The largest absolute Gasteiger partial charge is 0.391 e. The molecule has 1 aliphatic carbocycles. The first kappa shape index (κ1) is 20.1. The van der Waals surface area contributed by atoms with Crippen LogP contribution in [0.5, 0.6) is 0 Å². The molecule has 2 aromatic heterocycles. The number of fused-ring (bicyclic) bond motifs is 3. The van der Waals surface area contributed by atoms with Crippen molar-refractivity contribution in [3.8, 4) is 11.3 Å². The second kappa shape index (κ2) is 8.67. The van der Waals surface area contributed by atoms with Gasteiger partial charge < -0.3 is 11.1 Å². The second-order valence-corrected chi connectivity index (χ2v) is 7.61. The lowest BCUT2D eigenvalue weighted by Gasteiger charge is -2.16. The maximum atomic E-state index is 6.18. The van der Waals surface area contributed by atoms with Crippen molar-refractivity contribution in [1.29, 1.82) is 0 Å². The van der Waals surface area contributed by atoms with E-state index in [0.717, 1.165) is 64.6 Å². The molecule has 2 heterocycles. The lowest BCUT2D eigenvalue weighted by atomic mass is 9.91. The van der Waals surface area contributed by atoms with E-state index < -0.39 is 0 Å². The SMILES string of the molecule is CCN/C=C\C(N)=N/c1ncc2c(n1)-c1c(nn(C)c1Cc1cccc(Cl)c1)CC2. The molecule has 1 aromatic carbocycles. The number of nitrogens with two attached hydrogens (primary N) is 1. The van der Waals surface area contributed by atoms with Crippen LogP contribution in [0.4, 0.5) is 5.95 Å². The molecule has 0 amide bonds. The van der Waals surface area contributed by atoms with Crippen molar-refractivity contribution in [2.45, 2.75) is 26.2 Å². The molecule has 4 rings (SSSR count). The maximum Gasteiger partial charge on any atom is 0.251 e. The number of rotatable bonds is 6. The highest BCUT2D eigenvalue weighted by Crippen LogP contribution is 2.36. The van der Waals surface area contributed by atoms with Crippen LogP contribution in [0.2, 0.25) is 5.02 Å². The van der Waals surface area contributed by atoms with Crippen LogP contribution in [0, 0.1) is 0 Å². The Bertz CT molecular complexity index is 1130. The number of benzene rings is 1. The Hall–Kier alpha value is -3.19. The van der Waals surface area contributed by atoms with E-state index in [1.807, 2.05) is 43.0 Å². The topological polar surface area (TPSA) is 94.0 Å². The van der Waals surface area contributed by atoms with Crippen LogP contribution in [0.15, 0.2) is 47.7 Å². The van der Waals surface area contributed by atoms with Crippen molar-refractivity contribution in [1.82, 2.24) is 25.1 Å². The quantitative estimate of drug-likeness (QED) is 0.470. The van der Waals surface area contributed by atoms with Gasteiger partial charge in [-0.1, -0.05) is 23.7 Å². The second-order valence-electron chi connectivity index (χ2n) is 7.17. The van der Waals surface area contributed by atoms with Crippen LogP contribution in [0.25, 0.3) is 11.3 Å². The number of amidine groups is 1. The summed E-state index contributed by atoms with van der Waals surface area (Å²) >= 11 is 6.18. The fraction of sp³-hybridized carbons (Fsp3) is 0.273. The average Bonchev–Trinajstić information content (AvgIpc) is 3.04. The third kappa shape index (κ3) is 4.21. The standard InChI is InChI=1S/C22H24ClN7/c1-3-25-10-9-19(24)27-22-26-13-15-7-8-17-20(21(15)28-22)18(30(2)29-17)12-14-5-4-6-16(23)11-14/h4-6,9-11,13,25H,3,7-8,12H2,1-2H3,(H2,24,26,27,28)/b10-9-. The third-order valence-electron chi connectivity index (χ3n) is 5.02. The predicted molar refractivity (Wildman–Crippen MR) is 120 cm³/mol. The van der Waals surface area contributed by atoms with Crippen molar-refractivity contribution in [2.75, 3.05) is 6.54 Å². The van der Waals surface area contributed by atoms with E-state index >= 15 is 0 Å². The van der Waals surface area contributed by atoms with E-state index in [9.17, 15) is 0 Å². The number of aryl methyl sites for hydroxylation is 3. The highest BCUT2D eigenvalue weighted by Gasteiger charge is 2.26. The van der Waals surface area contributed by atoms with E-state index in [1.165, 1.54) is 0 Å². The van der Waals surface area contributed by atoms with Crippen molar-refractivity contribution in [2.24, 2.45) is 17.8 Å². The van der Waals surface area contributed by atoms with Gasteiger partial charge in [0.1, 0.15) is 5.84 Å². The minimum Gasteiger partial charge on any atom is -0.391 e. The molecule has 3 N–H and O–H groups in total. The number of aliphatic imine (C=N–C) groups is 1. The molecule has 0 saturated heterocycles. The highest BCUT2D eigenvalue weighted by molar-refractivity contribution is 6.30. The number of nitrogens with one attached hydrogen (secondary N) is 1. The molecule has 0 bridgehead atoms. The number of hydrogen-bond acceptors (Lipinski definition) is 5. The third-order valence-corrected chi connectivity index (χ3v) is 5.26. The maximum absolute atomic E-state index is 6.18. The first-order valence-corrected chi connectivity index (χ1v) is 10.3. The molecule has 0 fully saturated rings. The Labute approximate surface area is 180 Å². The zero-order valence-corrected chi connectivity index (χ0v) is 17.8. The predicted octanol–water partition coefficient (Wildman–Crippen LogP) is 3.33. The molecule has 30 heavy (non-hydrogen) atoms. The molecule has 7 nitrogen and oxygen atoms in total. The van der Waals surface area contributed by atoms with Gasteiger partial charge in [-0.25, -0.2) is 9.97 Å². The average molecular weight is 422 g/mol. The normalized spacial score (nSPS) is 13.4. The van der Waals surface area contributed by atoms with E-state index in [0.29, 0.717) is 11.8 Å². The highest BCUT2D eigenvalue weighted by atomic mass is 35.5. The summed E-state index contributed by atoms with van der Waals surface area (Å²) in [6.45, 7) is 2.83. The van der Waals surface area contributed by atoms with Crippen molar-refractivity contribution < 1.29 is 0 Å². The minimum absolute atomic E-state index is 0.345. The summed E-state index contributed by atoms with van der Waals surface area (Å²) in [5.41, 5.74) is 12.3. The number of aromatic nitrogens is 4. The molecular formula is C22H24ClN7. The fourth-order valence-electron chi connectivity index (χ4n) is 3.63. The Morgan fingerprint density at radius 1 is 1.37 bits per heavy atom. The van der Waals surface area contributed by atoms with E-state index in [2.05, 4.69) is 21.4 Å². The van der Waals surface area contributed by atoms with Gasteiger partial charge in [0.05, 0.1) is 17.1 Å². The van der Waals surface area contributed by atoms with Crippen LogP contribution in [0.1, 0.15) is 29.4 Å². The number of hydrogen-bond donors (Lipinski definition) is 2. The van der Waals surface area contributed by atoms with Crippen molar-refractivity contribution in [3.63, 3.8) is 0 Å². The number of nitrogens with zero attached hydrogens (tertiary/aromatic N) is 5. The van der Waals surface area contributed by atoms with E-state index in [-0.39, 0.29) is 0 Å². The molecule has 0 saturated carbocycles. The summed E-state index contributed by atoms with van der Waals surface area (Å²) < 4.78 is 1.94. The minimum atomic E-state index is 0.345. The molecule has 0 unspecified atom stereocenters. The smallest absolute Gasteiger partial charge is 0.251 e. The van der Waals surface area contributed by atoms with Crippen molar-refractivity contribution in [3.05, 3.63) is 70.3 Å². The Balaban J connectivity index is 1.73. The monoisotopic (exact) mass is 421 g/mol. The van der Waals surface area contributed by atoms with Crippen LogP contribution in [0.3, 0.4) is 0 Å². The van der Waals surface area contributed by atoms with E-state index in [4.69, 9.17) is 27.4 Å². The van der Waals surface area contributed by atoms with Crippen LogP contribution in [-0.4, -0.2) is 32.1 Å². The molecule has 0 atom stereocenters. The summed E-state index contributed by atoms with van der Waals surface area (Å²) in [6, 6.07) is 7.90. The molecule has 0 spiro atoms. The van der Waals surface area contributed by atoms with Gasteiger partial charge in [0.15, 0.2) is 0 Å². The van der Waals surface area contributed by atoms with Gasteiger partial charge in [-0.15, -0.1) is 0 Å². The molecule has 3 aromatic rings. The van der Waals surface area contributed by atoms with Gasteiger partial charge in [-0.3, -0.25) is 4.68 Å². The molecule has 1 aliphatic rings. The van der Waals surface area contributed by atoms with Crippen LogP contribution < -0.4 is 11.1 Å². The first-order valence-electron chi connectivity index (χ1n) is 9.94. The molecular weight excluding hydrogens is 398 g/mol. The lowest BCUT2D eigenvalue weighted by Crippen LogP contribution is -2.11. The summed E-state index contributed by atoms with van der Waals surface area (Å²) in [6.07, 6.45) is 7.75. The summed E-state index contributed by atoms with van der Waals surface area (Å²) in [4.78, 5) is 13.5. The number of halogens is 1. The van der Waals surface area contributed by atoms with Crippen molar-refractivity contribution >= 4 is 23.4 Å².